The molecular weight excluding hydrogens is 1080 g/mol. The SMILES string of the molecule is O=C(CCOCCOCCOCCOCCC(=O)NC[C@@H](C(=O)O)N1C(=O)C=CC1=O)NCCOCCOCCOCCOCCC(=O)N[C@@H](CCC(=O)NC[C@H](O)[C@@H](O)[C@H](O)[C@H](O)CO)C(=O)NC[C@H](O)[C@@H](O)[C@H](O)[C@H](O)CO. The first kappa shape index (κ1) is 73.0. The van der Waals surface area contributed by atoms with Crippen LogP contribution in [-0.4, -0.2) is 314 Å². The third-order valence-corrected chi connectivity index (χ3v) is 11.1. The quantitative estimate of drug-likeness (QED) is 0.0199. The van der Waals surface area contributed by atoms with Crippen LogP contribution in [-0.2, 0) is 76.3 Å². The van der Waals surface area contributed by atoms with E-state index in [0.29, 0.717) is 4.90 Å². The highest BCUT2D eigenvalue weighted by Crippen LogP contribution is 2.10. The predicted octanol–water partition coefficient (Wildman–Crippen LogP) is -9.73. The van der Waals surface area contributed by atoms with Gasteiger partial charge >= 0.3 is 5.97 Å². The fourth-order valence-electron chi connectivity index (χ4n) is 6.49. The summed E-state index contributed by atoms with van der Waals surface area (Å²) >= 11 is 0. The van der Waals surface area contributed by atoms with Crippen molar-refractivity contribution in [3.8, 4) is 0 Å². The lowest BCUT2D eigenvalue weighted by atomic mass is 10.0. The van der Waals surface area contributed by atoms with Gasteiger partial charge in [-0.15, -0.1) is 0 Å². The van der Waals surface area contributed by atoms with Crippen LogP contribution >= 0.6 is 0 Å². The van der Waals surface area contributed by atoms with Crippen molar-refractivity contribution in [3.05, 3.63) is 12.2 Å². The van der Waals surface area contributed by atoms with E-state index in [9.17, 15) is 84.3 Å². The first-order chi connectivity index (χ1) is 38.2. The number of hydrogen-bond donors (Lipinski definition) is 16. The van der Waals surface area contributed by atoms with Gasteiger partial charge in [0, 0.05) is 64.0 Å². The summed E-state index contributed by atoms with van der Waals surface area (Å²) in [6.45, 7) is -0.192. The number of aliphatic carboxylic acids is 1. The smallest absolute Gasteiger partial charge is 0.328 e. The summed E-state index contributed by atoms with van der Waals surface area (Å²) < 4.78 is 43.2. The molecule has 0 spiro atoms. The fourth-order valence-corrected chi connectivity index (χ4v) is 6.49. The molecule has 10 atom stereocenters. The molecule has 16 N–H and O–H groups in total. The number of aliphatic hydroxyl groups is 10. The Morgan fingerprint density at radius 3 is 1.18 bits per heavy atom. The molecule has 0 unspecified atom stereocenters. The van der Waals surface area contributed by atoms with E-state index in [4.69, 9.17) is 48.1 Å². The summed E-state index contributed by atoms with van der Waals surface area (Å²) in [5.74, 6) is -6.11. The Bertz CT molecular complexity index is 1810. The number of imide groups is 1. The van der Waals surface area contributed by atoms with E-state index in [1.54, 1.807) is 0 Å². The second-order valence-corrected chi connectivity index (χ2v) is 17.3. The number of nitrogens with zero attached hydrogens (tertiary/aromatic N) is 1. The average molecular weight is 1160 g/mol. The van der Waals surface area contributed by atoms with Gasteiger partial charge < -0.3 is 121 Å². The molecular formula is C47H82N6O27. The molecule has 0 aliphatic carbocycles. The van der Waals surface area contributed by atoms with Gasteiger partial charge in [-0.05, 0) is 6.42 Å². The van der Waals surface area contributed by atoms with Crippen molar-refractivity contribution in [2.24, 2.45) is 0 Å². The summed E-state index contributed by atoms with van der Waals surface area (Å²) in [6.07, 6.45) is -14.1. The minimum Gasteiger partial charge on any atom is -0.480 e. The Balaban J connectivity index is 2.10. The lowest BCUT2D eigenvalue weighted by molar-refractivity contribution is -0.153. The maximum atomic E-state index is 13.0. The van der Waals surface area contributed by atoms with E-state index in [-0.39, 0.29) is 144 Å². The highest BCUT2D eigenvalue weighted by atomic mass is 16.6. The van der Waals surface area contributed by atoms with Crippen LogP contribution in [0.3, 0.4) is 0 Å². The topological polar surface area (TPSA) is 496 Å². The standard InChI is InChI=1S/C47H82N6O27/c54-28-34(58)44(68)42(66)32(56)26-50-36(60)2-1-30(46(70)51-27-33(57)43(67)45(69)35(59)29-55)52-39(63)7-11-75-15-19-79-23-24-80-20-16-76-12-8-48-37(61)5-9-73-13-17-77-21-22-78-18-14-74-10-6-38(62)49-25-31(47(71)72)53-40(64)3-4-41(53)65/h3-4,30-35,42-45,54-59,66-69H,1-2,5-29H2,(H,48,61)(H,49,62)(H,50,60)(H,51,70)(H,52,63)(H,71,72)/t30-,31-,32-,33-,34+,35+,42+,43+,44+,45+/m0/s1. The minimum absolute atomic E-state index is 0.0371. The first-order valence-corrected chi connectivity index (χ1v) is 25.7. The second kappa shape index (κ2) is 44.6. The molecule has 462 valence electrons. The molecule has 80 heavy (non-hydrogen) atoms. The van der Waals surface area contributed by atoms with Crippen molar-refractivity contribution in [1.29, 1.82) is 0 Å². The predicted molar refractivity (Wildman–Crippen MR) is 268 cm³/mol. The van der Waals surface area contributed by atoms with Crippen LogP contribution in [0.1, 0.15) is 32.1 Å². The number of amides is 7. The molecule has 0 aromatic carbocycles. The Hall–Kier alpha value is -5.02. The molecule has 0 saturated carbocycles. The molecule has 1 heterocycles. The van der Waals surface area contributed by atoms with E-state index in [2.05, 4.69) is 26.6 Å². The van der Waals surface area contributed by atoms with Crippen LogP contribution in [0.2, 0.25) is 0 Å². The van der Waals surface area contributed by atoms with Gasteiger partial charge in [0.2, 0.25) is 29.5 Å². The van der Waals surface area contributed by atoms with Crippen LogP contribution < -0.4 is 26.6 Å². The zero-order valence-corrected chi connectivity index (χ0v) is 44.4. The van der Waals surface area contributed by atoms with Crippen LogP contribution in [0, 0.1) is 0 Å². The van der Waals surface area contributed by atoms with Crippen molar-refractivity contribution < 1.29 is 132 Å². The summed E-state index contributed by atoms with van der Waals surface area (Å²) in [5, 5.41) is 118. The van der Waals surface area contributed by atoms with E-state index < -0.39 is 142 Å². The number of carbonyl (C=O) groups excluding carboxylic acids is 7. The Labute approximate surface area is 460 Å². The average Bonchev–Trinajstić information content (AvgIpc) is 3.77. The molecule has 0 aromatic heterocycles. The van der Waals surface area contributed by atoms with E-state index in [0.717, 1.165) is 12.2 Å². The van der Waals surface area contributed by atoms with Gasteiger partial charge in [-0.1, -0.05) is 0 Å². The fraction of sp³-hybridized carbons (Fsp3) is 0.787. The van der Waals surface area contributed by atoms with Gasteiger partial charge in [0.25, 0.3) is 11.8 Å². The first-order valence-electron chi connectivity index (χ1n) is 25.7. The molecule has 1 aliphatic heterocycles. The number of carbonyl (C=O) groups is 8. The van der Waals surface area contributed by atoms with Crippen molar-refractivity contribution in [2.45, 2.75) is 93.0 Å². The van der Waals surface area contributed by atoms with Crippen molar-refractivity contribution in [2.75, 3.05) is 145 Å². The molecule has 0 aromatic rings. The van der Waals surface area contributed by atoms with Crippen molar-refractivity contribution in [1.82, 2.24) is 31.5 Å². The maximum Gasteiger partial charge on any atom is 0.328 e. The van der Waals surface area contributed by atoms with Gasteiger partial charge in [-0.25, -0.2) is 4.79 Å². The molecule has 0 saturated heterocycles. The van der Waals surface area contributed by atoms with Crippen LogP contribution in [0.5, 0.6) is 0 Å². The molecule has 0 bridgehead atoms. The van der Waals surface area contributed by atoms with E-state index in [1.807, 2.05) is 0 Å². The highest BCUT2D eigenvalue weighted by molar-refractivity contribution is 6.14. The number of carboxylic acid groups (broad SMARTS) is 1. The third-order valence-electron chi connectivity index (χ3n) is 11.1. The summed E-state index contributed by atoms with van der Waals surface area (Å²) in [4.78, 5) is 97.8. The van der Waals surface area contributed by atoms with Crippen molar-refractivity contribution in [3.63, 3.8) is 0 Å². The number of carboxylic acids is 1. The third kappa shape index (κ3) is 33.0. The van der Waals surface area contributed by atoms with Gasteiger partial charge in [-0.3, -0.25) is 38.5 Å². The molecule has 33 nitrogen and oxygen atoms in total. The number of aliphatic hydroxyl groups excluding tert-OH is 10. The van der Waals surface area contributed by atoms with Crippen LogP contribution in [0.15, 0.2) is 12.2 Å². The lowest BCUT2D eigenvalue weighted by Crippen LogP contribution is -2.53. The zero-order chi connectivity index (χ0) is 59.7. The molecule has 0 radical (unpaired) electrons. The number of hydrogen-bond acceptors (Lipinski definition) is 26. The Morgan fingerprint density at radius 2 is 0.762 bits per heavy atom. The van der Waals surface area contributed by atoms with Gasteiger partial charge in [0.1, 0.15) is 42.7 Å². The normalized spacial score (nSPS) is 16.2. The van der Waals surface area contributed by atoms with Crippen LogP contribution in [0.25, 0.3) is 0 Å². The molecule has 1 rings (SSSR count). The monoisotopic (exact) mass is 1160 g/mol. The second-order valence-electron chi connectivity index (χ2n) is 17.3. The van der Waals surface area contributed by atoms with E-state index in [1.165, 1.54) is 0 Å². The molecule has 0 fully saturated rings. The summed E-state index contributed by atoms with van der Waals surface area (Å²) in [5.41, 5.74) is 0. The molecule has 1 aliphatic rings. The van der Waals surface area contributed by atoms with Crippen LogP contribution in [0.4, 0.5) is 0 Å². The summed E-state index contributed by atoms with van der Waals surface area (Å²) in [6, 6.07) is -2.94. The number of nitrogens with one attached hydrogen (secondary N) is 5. The Morgan fingerprint density at radius 1 is 0.425 bits per heavy atom. The van der Waals surface area contributed by atoms with Gasteiger partial charge in [-0.2, -0.15) is 0 Å². The largest absolute Gasteiger partial charge is 0.480 e. The summed E-state index contributed by atoms with van der Waals surface area (Å²) in [7, 11) is 0. The zero-order valence-electron chi connectivity index (χ0n) is 44.4. The van der Waals surface area contributed by atoms with Gasteiger partial charge in [0.05, 0.1) is 131 Å². The van der Waals surface area contributed by atoms with Crippen molar-refractivity contribution >= 4 is 47.3 Å². The minimum atomic E-state index is -2.00. The number of rotatable bonds is 51. The molecule has 7 amide bonds. The van der Waals surface area contributed by atoms with Gasteiger partial charge in [0.15, 0.2) is 6.04 Å². The lowest BCUT2D eigenvalue weighted by Gasteiger charge is -2.26. The maximum absolute atomic E-state index is 13.0. The Kier molecular flexibility index (Phi) is 40.7. The highest BCUT2D eigenvalue weighted by Gasteiger charge is 2.36. The molecule has 33 heteroatoms. The number of ether oxygens (including phenoxy) is 8. The van der Waals surface area contributed by atoms with E-state index >= 15 is 0 Å².